The summed E-state index contributed by atoms with van der Waals surface area (Å²) in [7, 11) is 0. The zero-order valence-corrected chi connectivity index (χ0v) is 9.92. The van der Waals surface area contributed by atoms with Crippen molar-refractivity contribution in [2.24, 2.45) is 0 Å². The summed E-state index contributed by atoms with van der Waals surface area (Å²) in [5, 5.41) is 11.6. The van der Waals surface area contributed by atoms with Gasteiger partial charge < -0.3 is 10.2 Å². The minimum Gasteiger partial charge on any atom is -0.342 e. The van der Waals surface area contributed by atoms with Crippen LogP contribution in [-0.4, -0.2) is 36.5 Å². The van der Waals surface area contributed by atoms with E-state index in [1.54, 1.807) is 4.90 Å². The molecule has 0 aliphatic rings. The number of nitriles is 1. The van der Waals surface area contributed by atoms with Crippen molar-refractivity contribution in [3.05, 3.63) is 0 Å². The van der Waals surface area contributed by atoms with E-state index in [4.69, 9.17) is 5.26 Å². The summed E-state index contributed by atoms with van der Waals surface area (Å²) < 4.78 is 0. The molecule has 0 heterocycles. The van der Waals surface area contributed by atoms with Crippen LogP contribution in [0.2, 0.25) is 0 Å². The zero-order chi connectivity index (χ0) is 11.7. The lowest BCUT2D eigenvalue weighted by molar-refractivity contribution is -0.130. The maximum absolute atomic E-state index is 11.6. The molecule has 0 aliphatic heterocycles. The third kappa shape index (κ3) is 6.92. The van der Waals surface area contributed by atoms with Crippen molar-refractivity contribution in [3.8, 4) is 6.07 Å². The predicted molar refractivity (Wildman–Crippen MR) is 60.2 cm³/mol. The first-order valence-electron chi connectivity index (χ1n) is 5.49. The van der Waals surface area contributed by atoms with Gasteiger partial charge in [-0.3, -0.25) is 4.79 Å². The van der Waals surface area contributed by atoms with Crippen LogP contribution in [0.15, 0.2) is 0 Å². The van der Waals surface area contributed by atoms with E-state index in [9.17, 15) is 4.79 Å². The molecule has 0 atom stereocenters. The molecule has 0 spiro atoms. The quantitative estimate of drug-likeness (QED) is 0.687. The number of nitrogens with zero attached hydrogens (tertiary/aromatic N) is 2. The Labute approximate surface area is 92.3 Å². The number of amides is 1. The minimum atomic E-state index is 0.126. The second-order valence-corrected chi connectivity index (χ2v) is 3.74. The van der Waals surface area contributed by atoms with E-state index in [2.05, 4.69) is 25.2 Å². The van der Waals surface area contributed by atoms with Crippen LogP contribution in [0.25, 0.3) is 0 Å². The molecular formula is C11H21N3O. The minimum absolute atomic E-state index is 0.126. The van der Waals surface area contributed by atoms with Crippen molar-refractivity contribution in [1.29, 1.82) is 5.26 Å². The van der Waals surface area contributed by atoms with Gasteiger partial charge in [0.1, 0.15) is 0 Å². The first kappa shape index (κ1) is 13.9. The standard InChI is InChI=1S/C11H21N3O/c1-4-14(9-5-7-12)11(15)6-8-13-10(2)3/h10,13H,4-6,8-9H2,1-3H3. The first-order chi connectivity index (χ1) is 7.11. The van der Waals surface area contributed by atoms with Crippen LogP contribution >= 0.6 is 0 Å². The summed E-state index contributed by atoms with van der Waals surface area (Å²) in [5.41, 5.74) is 0. The highest BCUT2D eigenvalue weighted by atomic mass is 16.2. The lowest BCUT2D eigenvalue weighted by atomic mass is 10.3. The van der Waals surface area contributed by atoms with Gasteiger partial charge in [-0.1, -0.05) is 13.8 Å². The van der Waals surface area contributed by atoms with Crippen molar-refractivity contribution < 1.29 is 4.79 Å². The van der Waals surface area contributed by atoms with E-state index in [-0.39, 0.29) is 5.91 Å². The largest absolute Gasteiger partial charge is 0.342 e. The van der Waals surface area contributed by atoms with Crippen molar-refractivity contribution in [3.63, 3.8) is 0 Å². The number of nitrogens with one attached hydrogen (secondary N) is 1. The molecule has 0 aliphatic carbocycles. The molecule has 0 aromatic rings. The molecule has 15 heavy (non-hydrogen) atoms. The average Bonchev–Trinajstić information content (AvgIpc) is 2.18. The van der Waals surface area contributed by atoms with E-state index in [0.29, 0.717) is 38.5 Å². The van der Waals surface area contributed by atoms with E-state index in [1.807, 2.05) is 6.92 Å². The van der Waals surface area contributed by atoms with E-state index < -0.39 is 0 Å². The Hall–Kier alpha value is -1.08. The number of hydrogen-bond acceptors (Lipinski definition) is 3. The molecule has 0 rings (SSSR count). The summed E-state index contributed by atoms with van der Waals surface area (Å²) >= 11 is 0. The molecule has 4 heteroatoms. The van der Waals surface area contributed by atoms with Crippen LogP contribution < -0.4 is 5.32 Å². The molecule has 0 saturated heterocycles. The molecule has 0 bridgehead atoms. The third-order valence-corrected chi connectivity index (χ3v) is 2.12. The summed E-state index contributed by atoms with van der Waals surface area (Å²) in [6.07, 6.45) is 0.925. The Balaban J connectivity index is 3.79. The van der Waals surface area contributed by atoms with Crippen LogP contribution in [0.3, 0.4) is 0 Å². The van der Waals surface area contributed by atoms with Gasteiger partial charge in [0.2, 0.25) is 5.91 Å². The van der Waals surface area contributed by atoms with Crippen LogP contribution in [0.5, 0.6) is 0 Å². The Morgan fingerprint density at radius 2 is 2.20 bits per heavy atom. The molecule has 1 N–H and O–H groups in total. The van der Waals surface area contributed by atoms with E-state index in [1.165, 1.54) is 0 Å². The average molecular weight is 211 g/mol. The second kappa shape index (κ2) is 8.25. The maximum atomic E-state index is 11.6. The zero-order valence-electron chi connectivity index (χ0n) is 9.92. The highest BCUT2D eigenvalue weighted by Gasteiger charge is 2.10. The fourth-order valence-electron chi connectivity index (χ4n) is 1.27. The molecule has 0 fully saturated rings. The molecule has 0 aromatic heterocycles. The Kier molecular flexibility index (Phi) is 7.65. The van der Waals surface area contributed by atoms with Gasteiger partial charge in [0.05, 0.1) is 12.5 Å². The van der Waals surface area contributed by atoms with Crippen molar-refractivity contribution in [2.45, 2.75) is 39.7 Å². The molecule has 0 radical (unpaired) electrons. The fourth-order valence-corrected chi connectivity index (χ4v) is 1.27. The number of rotatable bonds is 7. The fraction of sp³-hybridized carbons (Fsp3) is 0.818. The topological polar surface area (TPSA) is 56.1 Å². The SMILES string of the molecule is CCN(CCC#N)C(=O)CCNC(C)C. The van der Waals surface area contributed by atoms with Gasteiger partial charge in [0.15, 0.2) is 0 Å². The summed E-state index contributed by atoms with van der Waals surface area (Å²) in [4.78, 5) is 13.4. The molecule has 4 nitrogen and oxygen atoms in total. The van der Waals surface area contributed by atoms with Crippen LogP contribution in [0.4, 0.5) is 0 Å². The lowest BCUT2D eigenvalue weighted by Crippen LogP contribution is -2.35. The monoisotopic (exact) mass is 211 g/mol. The summed E-state index contributed by atoms with van der Waals surface area (Å²) in [6.45, 7) is 7.98. The Morgan fingerprint density at radius 3 is 2.67 bits per heavy atom. The van der Waals surface area contributed by atoms with E-state index >= 15 is 0 Å². The summed E-state index contributed by atoms with van der Waals surface area (Å²) in [5.74, 6) is 0.126. The predicted octanol–water partition coefficient (Wildman–Crippen LogP) is 1.14. The van der Waals surface area contributed by atoms with E-state index in [0.717, 1.165) is 0 Å². The molecule has 1 amide bonds. The van der Waals surface area contributed by atoms with Gasteiger partial charge in [-0.05, 0) is 6.92 Å². The van der Waals surface area contributed by atoms with Crippen LogP contribution in [-0.2, 0) is 4.79 Å². The molecule has 0 saturated carbocycles. The lowest BCUT2D eigenvalue weighted by Gasteiger charge is -2.19. The Morgan fingerprint density at radius 1 is 1.53 bits per heavy atom. The van der Waals surface area contributed by atoms with Crippen LogP contribution in [0.1, 0.15) is 33.6 Å². The number of hydrogen-bond donors (Lipinski definition) is 1. The van der Waals surface area contributed by atoms with Crippen molar-refractivity contribution in [2.75, 3.05) is 19.6 Å². The second-order valence-electron chi connectivity index (χ2n) is 3.74. The van der Waals surface area contributed by atoms with Gasteiger partial charge >= 0.3 is 0 Å². The smallest absolute Gasteiger partial charge is 0.223 e. The first-order valence-corrected chi connectivity index (χ1v) is 5.49. The van der Waals surface area contributed by atoms with Gasteiger partial charge in [0.25, 0.3) is 0 Å². The maximum Gasteiger partial charge on any atom is 0.223 e. The highest BCUT2D eigenvalue weighted by Crippen LogP contribution is 1.95. The molecule has 0 aromatic carbocycles. The van der Waals surface area contributed by atoms with Gasteiger partial charge in [-0.15, -0.1) is 0 Å². The normalized spacial score (nSPS) is 10.1. The number of carbonyl (C=O) groups is 1. The third-order valence-electron chi connectivity index (χ3n) is 2.12. The van der Waals surface area contributed by atoms with Crippen molar-refractivity contribution >= 4 is 5.91 Å². The van der Waals surface area contributed by atoms with Gasteiger partial charge in [0, 0.05) is 32.1 Å². The molecular weight excluding hydrogens is 190 g/mol. The molecule has 0 unspecified atom stereocenters. The van der Waals surface area contributed by atoms with Gasteiger partial charge in [-0.2, -0.15) is 5.26 Å². The molecule has 86 valence electrons. The Bertz CT molecular complexity index is 220. The van der Waals surface area contributed by atoms with Crippen molar-refractivity contribution in [1.82, 2.24) is 10.2 Å². The van der Waals surface area contributed by atoms with Gasteiger partial charge in [-0.25, -0.2) is 0 Å². The summed E-state index contributed by atoms with van der Waals surface area (Å²) in [6, 6.07) is 2.46. The number of carbonyl (C=O) groups excluding carboxylic acids is 1. The highest BCUT2D eigenvalue weighted by molar-refractivity contribution is 5.76. The van der Waals surface area contributed by atoms with Crippen LogP contribution in [0, 0.1) is 11.3 Å².